The molecule has 1 saturated heterocycles. The third-order valence-corrected chi connectivity index (χ3v) is 4.08. The normalized spacial score (nSPS) is 21.4. The molecule has 1 aliphatic rings. The van der Waals surface area contributed by atoms with E-state index in [1.807, 2.05) is 25.7 Å². The highest BCUT2D eigenvalue weighted by Gasteiger charge is 2.32. The van der Waals surface area contributed by atoms with Gasteiger partial charge in [-0.3, -0.25) is 4.79 Å². The summed E-state index contributed by atoms with van der Waals surface area (Å²) in [5, 5.41) is 11.9. The number of aliphatic carboxylic acids is 1. The maximum Gasteiger partial charge on any atom is 0.317 e. The zero-order valence-corrected chi connectivity index (χ0v) is 13.1. The minimum absolute atomic E-state index is 0.0418. The van der Waals surface area contributed by atoms with E-state index < -0.39 is 5.97 Å². The second-order valence-electron chi connectivity index (χ2n) is 6.72. The standard InChI is InChI=1S/C15H28N2O3/c1-5-11-8-6-7-9-17(11)14(20)16-12(10-13(18)19)15(2,3)4/h11-12H,5-10H2,1-4H3,(H,16,20)(H,18,19). The molecule has 0 aliphatic carbocycles. The Kier molecular flexibility index (Phi) is 5.84. The largest absolute Gasteiger partial charge is 0.481 e. The summed E-state index contributed by atoms with van der Waals surface area (Å²) in [4.78, 5) is 25.3. The SMILES string of the molecule is CCC1CCCCN1C(=O)NC(CC(=O)O)C(C)(C)C. The molecule has 2 N–H and O–H groups in total. The third kappa shape index (κ3) is 4.69. The number of hydrogen-bond acceptors (Lipinski definition) is 2. The van der Waals surface area contributed by atoms with Crippen LogP contribution in [0.5, 0.6) is 0 Å². The molecule has 0 radical (unpaired) electrons. The summed E-state index contributed by atoms with van der Waals surface area (Å²) in [6, 6.07) is -0.182. The minimum atomic E-state index is -0.879. The van der Waals surface area contributed by atoms with Crippen molar-refractivity contribution in [2.45, 2.75) is 71.9 Å². The number of nitrogens with one attached hydrogen (secondary N) is 1. The van der Waals surface area contributed by atoms with E-state index in [1.54, 1.807) is 0 Å². The van der Waals surface area contributed by atoms with Gasteiger partial charge in [-0.05, 0) is 31.1 Å². The number of urea groups is 1. The first-order valence-corrected chi connectivity index (χ1v) is 7.54. The monoisotopic (exact) mass is 284 g/mol. The fourth-order valence-corrected chi connectivity index (χ4v) is 2.67. The first-order valence-electron chi connectivity index (χ1n) is 7.54. The first kappa shape index (κ1) is 16.8. The van der Waals surface area contributed by atoms with Crippen LogP contribution < -0.4 is 5.32 Å². The molecule has 2 amide bonds. The van der Waals surface area contributed by atoms with Crippen LogP contribution >= 0.6 is 0 Å². The smallest absolute Gasteiger partial charge is 0.317 e. The number of likely N-dealkylation sites (tertiary alicyclic amines) is 1. The molecule has 5 nitrogen and oxygen atoms in total. The predicted octanol–water partition coefficient (Wildman–Crippen LogP) is 2.85. The highest BCUT2D eigenvalue weighted by molar-refractivity contribution is 5.76. The minimum Gasteiger partial charge on any atom is -0.481 e. The van der Waals surface area contributed by atoms with Crippen molar-refractivity contribution in [2.75, 3.05) is 6.54 Å². The third-order valence-electron chi connectivity index (χ3n) is 4.08. The number of carbonyl (C=O) groups is 2. The van der Waals surface area contributed by atoms with Crippen LogP contribution in [-0.4, -0.2) is 40.6 Å². The Balaban J connectivity index is 2.71. The molecular formula is C15H28N2O3. The van der Waals surface area contributed by atoms with Gasteiger partial charge in [0.05, 0.1) is 6.42 Å². The summed E-state index contributed by atoms with van der Waals surface area (Å²) < 4.78 is 0. The lowest BCUT2D eigenvalue weighted by atomic mass is 9.85. The van der Waals surface area contributed by atoms with E-state index in [-0.39, 0.29) is 30.0 Å². The number of carboxylic acids is 1. The van der Waals surface area contributed by atoms with E-state index in [0.717, 1.165) is 25.8 Å². The van der Waals surface area contributed by atoms with Crippen molar-refractivity contribution >= 4 is 12.0 Å². The van der Waals surface area contributed by atoms with Crippen molar-refractivity contribution in [1.82, 2.24) is 10.2 Å². The molecule has 116 valence electrons. The maximum atomic E-state index is 12.4. The molecule has 5 heteroatoms. The van der Waals surface area contributed by atoms with Gasteiger partial charge >= 0.3 is 12.0 Å². The van der Waals surface area contributed by atoms with Crippen LogP contribution in [0.4, 0.5) is 4.79 Å². The van der Waals surface area contributed by atoms with Crippen LogP contribution in [0.15, 0.2) is 0 Å². The van der Waals surface area contributed by atoms with Gasteiger partial charge in [0.25, 0.3) is 0 Å². The Hall–Kier alpha value is -1.26. The topological polar surface area (TPSA) is 69.6 Å². The van der Waals surface area contributed by atoms with Crippen LogP contribution in [0.2, 0.25) is 0 Å². The van der Waals surface area contributed by atoms with Gasteiger partial charge in [-0.15, -0.1) is 0 Å². The second-order valence-corrected chi connectivity index (χ2v) is 6.72. The average molecular weight is 284 g/mol. The number of hydrogen-bond donors (Lipinski definition) is 2. The molecule has 20 heavy (non-hydrogen) atoms. The van der Waals surface area contributed by atoms with Crippen molar-refractivity contribution in [3.63, 3.8) is 0 Å². The van der Waals surface area contributed by atoms with Gasteiger partial charge in [-0.25, -0.2) is 4.79 Å². The van der Waals surface area contributed by atoms with Crippen LogP contribution in [0, 0.1) is 5.41 Å². The van der Waals surface area contributed by atoms with Crippen molar-refractivity contribution in [1.29, 1.82) is 0 Å². The van der Waals surface area contributed by atoms with Gasteiger partial charge in [-0.1, -0.05) is 27.7 Å². The van der Waals surface area contributed by atoms with Gasteiger partial charge in [0, 0.05) is 18.6 Å². The maximum absolute atomic E-state index is 12.4. The Bertz CT molecular complexity index is 350. The number of nitrogens with zero attached hydrogens (tertiary/aromatic N) is 1. The Labute approximate surface area is 121 Å². The number of amides is 2. The number of carboxylic acid groups (broad SMARTS) is 1. The van der Waals surface area contributed by atoms with Gasteiger partial charge in [0.15, 0.2) is 0 Å². The molecule has 1 fully saturated rings. The molecule has 0 aromatic carbocycles. The predicted molar refractivity (Wildman–Crippen MR) is 78.7 cm³/mol. The zero-order chi connectivity index (χ0) is 15.3. The van der Waals surface area contributed by atoms with Crippen LogP contribution in [0.25, 0.3) is 0 Å². The van der Waals surface area contributed by atoms with Crippen molar-refractivity contribution in [3.8, 4) is 0 Å². The molecule has 0 aromatic heterocycles. The molecule has 2 unspecified atom stereocenters. The summed E-state index contributed by atoms with van der Waals surface area (Å²) in [6.07, 6.45) is 4.15. The van der Waals surface area contributed by atoms with Crippen molar-refractivity contribution in [2.24, 2.45) is 5.41 Å². The van der Waals surface area contributed by atoms with Crippen LogP contribution in [0.3, 0.4) is 0 Å². The van der Waals surface area contributed by atoms with Gasteiger partial charge in [-0.2, -0.15) is 0 Å². The molecule has 2 atom stereocenters. The molecule has 1 heterocycles. The summed E-state index contributed by atoms with van der Waals surface area (Å²) >= 11 is 0. The second kappa shape index (κ2) is 6.95. The lowest BCUT2D eigenvalue weighted by Gasteiger charge is -2.38. The summed E-state index contributed by atoms with van der Waals surface area (Å²) in [5.74, 6) is -0.879. The van der Waals surface area contributed by atoms with Gasteiger partial charge in [0.1, 0.15) is 0 Å². The number of piperidine rings is 1. The Morgan fingerprint density at radius 1 is 1.35 bits per heavy atom. The first-order chi connectivity index (χ1) is 9.25. The van der Waals surface area contributed by atoms with Crippen LogP contribution in [-0.2, 0) is 4.79 Å². The Morgan fingerprint density at radius 2 is 2.00 bits per heavy atom. The quantitative estimate of drug-likeness (QED) is 0.834. The molecule has 0 bridgehead atoms. The van der Waals surface area contributed by atoms with E-state index in [2.05, 4.69) is 12.2 Å². The molecule has 0 spiro atoms. The Morgan fingerprint density at radius 3 is 2.50 bits per heavy atom. The molecule has 0 saturated carbocycles. The fourth-order valence-electron chi connectivity index (χ4n) is 2.67. The lowest BCUT2D eigenvalue weighted by Crippen LogP contribution is -2.54. The fraction of sp³-hybridized carbons (Fsp3) is 0.867. The van der Waals surface area contributed by atoms with E-state index in [4.69, 9.17) is 5.11 Å². The lowest BCUT2D eigenvalue weighted by molar-refractivity contribution is -0.138. The molecule has 1 aliphatic heterocycles. The van der Waals surface area contributed by atoms with Crippen molar-refractivity contribution in [3.05, 3.63) is 0 Å². The number of rotatable bonds is 4. The average Bonchev–Trinajstić information content (AvgIpc) is 2.36. The van der Waals surface area contributed by atoms with E-state index in [9.17, 15) is 9.59 Å². The van der Waals surface area contributed by atoms with Crippen LogP contribution in [0.1, 0.15) is 59.8 Å². The van der Waals surface area contributed by atoms with Gasteiger partial charge < -0.3 is 15.3 Å². The van der Waals surface area contributed by atoms with E-state index >= 15 is 0 Å². The van der Waals surface area contributed by atoms with Crippen molar-refractivity contribution < 1.29 is 14.7 Å². The molecule has 1 rings (SSSR count). The summed E-state index contributed by atoms with van der Waals surface area (Å²) in [6.45, 7) is 8.72. The summed E-state index contributed by atoms with van der Waals surface area (Å²) in [5.41, 5.74) is -0.272. The molecule has 0 aromatic rings. The van der Waals surface area contributed by atoms with E-state index in [0.29, 0.717) is 0 Å². The molecular weight excluding hydrogens is 256 g/mol. The summed E-state index contributed by atoms with van der Waals surface area (Å²) in [7, 11) is 0. The van der Waals surface area contributed by atoms with Gasteiger partial charge in [0.2, 0.25) is 0 Å². The zero-order valence-electron chi connectivity index (χ0n) is 13.1. The highest BCUT2D eigenvalue weighted by Crippen LogP contribution is 2.24. The van der Waals surface area contributed by atoms with E-state index in [1.165, 1.54) is 6.42 Å². The highest BCUT2D eigenvalue weighted by atomic mass is 16.4. The number of carbonyl (C=O) groups excluding carboxylic acids is 1.